The number of benzene rings is 1. The number of aromatic nitrogens is 2. The number of hydrogen-bond acceptors (Lipinski definition) is 2. The minimum absolute atomic E-state index is 0.764. The van der Waals surface area contributed by atoms with Gasteiger partial charge in [0.15, 0.2) is 5.82 Å². The third-order valence-electron chi connectivity index (χ3n) is 3.07. The van der Waals surface area contributed by atoms with Crippen LogP contribution in [0, 0.1) is 0 Å². The molecule has 0 saturated carbocycles. The van der Waals surface area contributed by atoms with Crippen LogP contribution in [0.1, 0.15) is 18.5 Å². The summed E-state index contributed by atoms with van der Waals surface area (Å²) < 4.78 is 0.826. The SMILES string of the molecule is Brc1cc(C2=CC=CCC2)nc(-c2ccccc2)n1. The molecule has 1 aromatic heterocycles. The Hall–Kier alpha value is -1.74. The second-order valence-corrected chi connectivity index (χ2v) is 5.24. The topological polar surface area (TPSA) is 25.8 Å². The van der Waals surface area contributed by atoms with E-state index in [0.29, 0.717) is 0 Å². The van der Waals surface area contributed by atoms with E-state index in [9.17, 15) is 0 Å². The molecule has 0 spiro atoms. The summed E-state index contributed by atoms with van der Waals surface area (Å²) in [4.78, 5) is 9.14. The molecule has 3 heteroatoms. The molecule has 0 N–H and O–H groups in total. The van der Waals surface area contributed by atoms with Gasteiger partial charge in [0, 0.05) is 5.56 Å². The molecule has 0 radical (unpaired) electrons. The minimum Gasteiger partial charge on any atom is -0.228 e. The highest BCUT2D eigenvalue weighted by Gasteiger charge is 2.09. The lowest BCUT2D eigenvalue weighted by molar-refractivity contribution is 1.02. The maximum absolute atomic E-state index is 4.68. The van der Waals surface area contributed by atoms with Gasteiger partial charge in [-0.2, -0.15) is 0 Å². The third-order valence-corrected chi connectivity index (χ3v) is 3.48. The van der Waals surface area contributed by atoms with E-state index in [1.807, 2.05) is 36.4 Å². The molecule has 2 aromatic rings. The summed E-state index contributed by atoms with van der Waals surface area (Å²) in [5.41, 5.74) is 3.31. The predicted octanol–water partition coefficient (Wildman–Crippen LogP) is 4.64. The van der Waals surface area contributed by atoms with Crippen molar-refractivity contribution in [2.75, 3.05) is 0 Å². The molecule has 0 unspecified atom stereocenters. The molecule has 94 valence electrons. The zero-order valence-electron chi connectivity index (χ0n) is 10.4. The molecular formula is C16H13BrN2. The number of nitrogens with zero attached hydrogens (tertiary/aromatic N) is 2. The fraction of sp³-hybridized carbons (Fsp3) is 0.125. The van der Waals surface area contributed by atoms with Crippen LogP contribution in [0.2, 0.25) is 0 Å². The standard InChI is InChI=1S/C16H13BrN2/c17-15-11-14(12-7-3-1-4-8-12)18-16(19-15)13-9-5-2-6-10-13/h1-3,5-7,9-11H,4,8H2. The predicted molar refractivity (Wildman–Crippen MR) is 81.5 cm³/mol. The first-order valence-corrected chi connectivity index (χ1v) is 7.08. The van der Waals surface area contributed by atoms with E-state index < -0.39 is 0 Å². The molecule has 1 aliphatic carbocycles. The van der Waals surface area contributed by atoms with Gasteiger partial charge in [0.1, 0.15) is 4.60 Å². The fourth-order valence-electron chi connectivity index (χ4n) is 2.11. The largest absolute Gasteiger partial charge is 0.228 e. The average molecular weight is 313 g/mol. The Morgan fingerprint density at radius 1 is 1.05 bits per heavy atom. The molecule has 0 fully saturated rings. The quantitative estimate of drug-likeness (QED) is 0.755. The van der Waals surface area contributed by atoms with Crippen LogP contribution < -0.4 is 0 Å². The van der Waals surface area contributed by atoms with Crippen molar-refractivity contribution in [2.24, 2.45) is 0 Å². The van der Waals surface area contributed by atoms with E-state index in [1.165, 1.54) is 5.57 Å². The Balaban J connectivity index is 2.06. The van der Waals surface area contributed by atoms with Crippen molar-refractivity contribution in [3.63, 3.8) is 0 Å². The number of rotatable bonds is 2. The van der Waals surface area contributed by atoms with Crippen molar-refractivity contribution in [2.45, 2.75) is 12.8 Å². The highest BCUT2D eigenvalue weighted by Crippen LogP contribution is 2.26. The zero-order chi connectivity index (χ0) is 13.1. The molecule has 0 saturated heterocycles. The van der Waals surface area contributed by atoms with E-state index in [1.54, 1.807) is 0 Å². The normalized spacial score (nSPS) is 14.3. The summed E-state index contributed by atoms with van der Waals surface area (Å²) in [6.07, 6.45) is 8.52. The molecule has 0 bridgehead atoms. The zero-order valence-corrected chi connectivity index (χ0v) is 12.0. The molecule has 1 aromatic carbocycles. The smallest absolute Gasteiger partial charge is 0.161 e. The third kappa shape index (κ3) is 2.82. The molecule has 1 aliphatic rings. The Kier molecular flexibility index (Phi) is 3.56. The number of hydrogen-bond donors (Lipinski definition) is 0. The van der Waals surface area contributed by atoms with Crippen molar-refractivity contribution in [1.82, 2.24) is 9.97 Å². The van der Waals surface area contributed by atoms with Gasteiger partial charge in [-0.3, -0.25) is 0 Å². The first-order valence-electron chi connectivity index (χ1n) is 6.29. The maximum atomic E-state index is 4.68. The van der Waals surface area contributed by atoms with Gasteiger partial charge in [-0.25, -0.2) is 9.97 Å². The summed E-state index contributed by atoms with van der Waals surface area (Å²) in [6, 6.07) is 12.0. The van der Waals surface area contributed by atoms with Gasteiger partial charge >= 0.3 is 0 Å². The van der Waals surface area contributed by atoms with Crippen LogP contribution in [-0.2, 0) is 0 Å². The van der Waals surface area contributed by atoms with Gasteiger partial charge in [0.05, 0.1) is 5.69 Å². The monoisotopic (exact) mass is 312 g/mol. The van der Waals surface area contributed by atoms with Gasteiger partial charge in [-0.1, -0.05) is 48.6 Å². The second-order valence-electron chi connectivity index (χ2n) is 4.42. The van der Waals surface area contributed by atoms with Crippen LogP contribution in [0.5, 0.6) is 0 Å². The summed E-state index contributed by atoms with van der Waals surface area (Å²) >= 11 is 3.48. The average Bonchev–Trinajstić information content (AvgIpc) is 2.48. The summed E-state index contributed by atoms with van der Waals surface area (Å²) in [6.45, 7) is 0. The highest BCUT2D eigenvalue weighted by atomic mass is 79.9. The van der Waals surface area contributed by atoms with Crippen molar-refractivity contribution < 1.29 is 0 Å². The van der Waals surface area contributed by atoms with Gasteiger partial charge in [-0.05, 0) is 40.4 Å². The van der Waals surface area contributed by atoms with Gasteiger partial charge < -0.3 is 0 Å². The van der Waals surface area contributed by atoms with Crippen molar-refractivity contribution in [3.8, 4) is 11.4 Å². The Labute approximate surface area is 121 Å². The second kappa shape index (κ2) is 5.49. The Bertz CT molecular complexity index is 645. The molecule has 2 nitrogen and oxygen atoms in total. The molecular weight excluding hydrogens is 300 g/mol. The van der Waals surface area contributed by atoms with Gasteiger partial charge in [0.25, 0.3) is 0 Å². The van der Waals surface area contributed by atoms with Crippen LogP contribution in [0.3, 0.4) is 0 Å². The summed E-state index contributed by atoms with van der Waals surface area (Å²) in [7, 11) is 0. The summed E-state index contributed by atoms with van der Waals surface area (Å²) in [5.74, 6) is 0.764. The van der Waals surface area contributed by atoms with E-state index in [0.717, 1.165) is 34.5 Å². The van der Waals surface area contributed by atoms with Crippen molar-refractivity contribution in [1.29, 1.82) is 0 Å². The van der Waals surface area contributed by atoms with E-state index in [2.05, 4.69) is 44.1 Å². The van der Waals surface area contributed by atoms with Crippen LogP contribution in [0.4, 0.5) is 0 Å². The Morgan fingerprint density at radius 3 is 2.63 bits per heavy atom. The maximum Gasteiger partial charge on any atom is 0.161 e. The van der Waals surface area contributed by atoms with Crippen LogP contribution in [-0.4, -0.2) is 9.97 Å². The molecule has 19 heavy (non-hydrogen) atoms. The highest BCUT2D eigenvalue weighted by molar-refractivity contribution is 9.10. The lowest BCUT2D eigenvalue weighted by Gasteiger charge is -2.10. The van der Waals surface area contributed by atoms with Crippen LogP contribution >= 0.6 is 15.9 Å². The molecule has 0 amide bonds. The lowest BCUT2D eigenvalue weighted by Crippen LogP contribution is -1.97. The first kappa shape index (κ1) is 12.3. The number of allylic oxidation sites excluding steroid dienone is 4. The van der Waals surface area contributed by atoms with Gasteiger partial charge in [0.2, 0.25) is 0 Å². The number of halogens is 1. The molecule has 1 heterocycles. The fourth-order valence-corrected chi connectivity index (χ4v) is 2.50. The minimum atomic E-state index is 0.764. The molecule has 0 aliphatic heterocycles. The molecule has 0 atom stereocenters. The van der Waals surface area contributed by atoms with Gasteiger partial charge in [-0.15, -0.1) is 0 Å². The van der Waals surface area contributed by atoms with E-state index >= 15 is 0 Å². The van der Waals surface area contributed by atoms with Crippen LogP contribution in [0.25, 0.3) is 17.0 Å². The summed E-state index contributed by atoms with van der Waals surface area (Å²) in [5, 5.41) is 0. The lowest BCUT2D eigenvalue weighted by atomic mass is 10.0. The van der Waals surface area contributed by atoms with Crippen molar-refractivity contribution in [3.05, 3.63) is 64.9 Å². The van der Waals surface area contributed by atoms with Crippen LogP contribution in [0.15, 0.2) is 59.2 Å². The van der Waals surface area contributed by atoms with E-state index in [4.69, 9.17) is 0 Å². The first-order chi connectivity index (χ1) is 9.33. The van der Waals surface area contributed by atoms with Crippen molar-refractivity contribution >= 4 is 21.5 Å². The molecule has 3 rings (SSSR count). The van der Waals surface area contributed by atoms with E-state index in [-0.39, 0.29) is 0 Å². The Morgan fingerprint density at radius 2 is 1.89 bits per heavy atom.